The van der Waals surface area contributed by atoms with Gasteiger partial charge in [-0.05, 0) is 82.3 Å². The molecule has 3 aromatic rings. The number of rotatable bonds is 8. The number of pyridine rings is 2. The molecule has 3 heterocycles. The molecule has 1 aliphatic carbocycles. The van der Waals surface area contributed by atoms with Crippen LogP contribution in [0.1, 0.15) is 61.7 Å². The van der Waals surface area contributed by atoms with Gasteiger partial charge >= 0.3 is 5.97 Å². The minimum Gasteiger partial charge on any atom is -0.497 e. The number of aromatic carboxylic acids is 1. The monoisotopic (exact) mass is 527 g/mol. The number of ether oxygens (including phenoxy) is 1. The summed E-state index contributed by atoms with van der Waals surface area (Å²) in [6, 6.07) is 5.46. The summed E-state index contributed by atoms with van der Waals surface area (Å²) in [4.78, 5) is 31.5. The molecule has 2 fully saturated rings. The van der Waals surface area contributed by atoms with Gasteiger partial charge in [0, 0.05) is 36.7 Å². The topological polar surface area (TPSA) is 84.7 Å². The fraction of sp³-hybridized carbons (Fsp3) is 0.552. The van der Waals surface area contributed by atoms with Gasteiger partial charge < -0.3 is 19.3 Å². The van der Waals surface area contributed by atoms with Gasteiger partial charge in [0.15, 0.2) is 0 Å². The Morgan fingerprint density at radius 3 is 2.63 bits per heavy atom. The van der Waals surface area contributed by atoms with Gasteiger partial charge in [-0.2, -0.15) is 0 Å². The summed E-state index contributed by atoms with van der Waals surface area (Å²) < 4.78 is 35.7. The van der Waals surface area contributed by atoms with Crippen molar-refractivity contribution >= 4 is 27.8 Å². The first-order valence-electron chi connectivity index (χ1n) is 13.6. The van der Waals surface area contributed by atoms with E-state index in [1.807, 2.05) is 16.7 Å². The summed E-state index contributed by atoms with van der Waals surface area (Å²) in [5.74, 6) is -3.20. The largest absolute Gasteiger partial charge is 0.497 e. The van der Waals surface area contributed by atoms with Gasteiger partial charge in [0.1, 0.15) is 11.3 Å². The molecule has 1 atom stereocenters. The van der Waals surface area contributed by atoms with Crippen molar-refractivity contribution in [1.82, 2.24) is 14.5 Å². The van der Waals surface area contributed by atoms with Crippen molar-refractivity contribution in [2.24, 2.45) is 11.8 Å². The van der Waals surface area contributed by atoms with Gasteiger partial charge in [-0.3, -0.25) is 9.78 Å². The molecule has 0 radical (unpaired) electrons. The first kappa shape index (κ1) is 26.5. The van der Waals surface area contributed by atoms with E-state index in [4.69, 9.17) is 4.74 Å². The normalized spacial score (nSPS) is 20.7. The predicted octanol–water partition coefficient (Wildman–Crippen LogP) is 5.57. The van der Waals surface area contributed by atoms with Crippen LogP contribution in [0, 0.1) is 11.8 Å². The number of nitrogens with zero attached hydrogens (tertiary/aromatic N) is 3. The van der Waals surface area contributed by atoms with Crippen molar-refractivity contribution < 1.29 is 23.4 Å². The Labute approximate surface area is 220 Å². The van der Waals surface area contributed by atoms with Crippen molar-refractivity contribution in [2.45, 2.75) is 63.8 Å². The van der Waals surface area contributed by atoms with Gasteiger partial charge in [0.25, 0.3) is 5.92 Å². The van der Waals surface area contributed by atoms with E-state index < -0.39 is 23.2 Å². The summed E-state index contributed by atoms with van der Waals surface area (Å²) in [7, 11) is 1.57. The number of hydrogen-bond acceptors (Lipinski definition) is 5. The van der Waals surface area contributed by atoms with Crippen molar-refractivity contribution in [2.75, 3.05) is 26.7 Å². The van der Waals surface area contributed by atoms with Crippen LogP contribution < -0.4 is 10.2 Å². The Bertz CT molecular complexity index is 1380. The highest BCUT2D eigenvalue weighted by atomic mass is 19.3. The second-order valence-corrected chi connectivity index (χ2v) is 10.8. The molecule has 0 spiro atoms. The van der Waals surface area contributed by atoms with Crippen molar-refractivity contribution in [3.63, 3.8) is 0 Å². The van der Waals surface area contributed by atoms with E-state index in [0.717, 1.165) is 50.7 Å². The molecule has 5 rings (SSSR count). The molecule has 204 valence electrons. The Morgan fingerprint density at radius 2 is 1.92 bits per heavy atom. The third-order valence-electron chi connectivity index (χ3n) is 8.53. The number of carboxylic acids is 1. The number of aryl methyl sites for hydroxylation is 1. The minimum absolute atomic E-state index is 0.0289. The van der Waals surface area contributed by atoms with Crippen LogP contribution in [0.15, 0.2) is 35.4 Å². The van der Waals surface area contributed by atoms with E-state index in [2.05, 4.69) is 9.88 Å². The second kappa shape index (κ2) is 11.0. The molecule has 0 bridgehead atoms. The highest BCUT2D eigenvalue weighted by Gasteiger charge is 2.41. The van der Waals surface area contributed by atoms with E-state index in [9.17, 15) is 23.5 Å². The average Bonchev–Trinajstić information content (AvgIpc) is 2.91. The lowest BCUT2D eigenvalue weighted by molar-refractivity contribution is -0.0905. The number of aromatic nitrogens is 2. The molecule has 1 unspecified atom stereocenters. The van der Waals surface area contributed by atoms with E-state index in [1.54, 1.807) is 13.2 Å². The molecule has 38 heavy (non-hydrogen) atoms. The van der Waals surface area contributed by atoms with Gasteiger partial charge in [0.2, 0.25) is 5.43 Å². The van der Waals surface area contributed by atoms with E-state index in [1.165, 1.54) is 12.4 Å². The number of fused-ring (bicyclic) bond motifs is 3. The molecular weight excluding hydrogens is 492 g/mol. The Kier molecular flexibility index (Phi) is 7.66. The molecule has 2 aliphatic rings. The number of benzene rings is 1. The first-order chi connectivity index (χ1) is 18.3. The van der Waals surface area contributed by atoms with E-state index in [0.29, 0.717) is 48.5 Å². The predicted molar refractivity (Wildman–Crippen MR) is 142 cm³/mol. The van der Waals surface area contributed by atoms with Crippen LogP contribution in [0.5, 0.6) is 5.75 Å². The first-order valence-corrected chi connectivity index (χ1v) is 13.6. The maximum Gasteiger partial charge on any atom is 0.341 e. The number of halogens is 2. The fourth-order valence-electron chi connectivity index (χ4n) is 6.19. The molecule has 1 aromatic carbocycles. The van der Waals surface area contributed by atoms with Gasteiger partial charge in [-0.25, -0.2) is 13.6 Å². The maximum atomic E-state index is 14.2. The Balaban J connectivity index is 1.30. The molecule has 1 N–H and O–H groups in total. The van der Waals surface area contributed by atoms with Crippen LogP contribution in [-0.2, 0) is 6.54 Å². The minimum atomic E-state index is -2.52. The van der Waals surface area contributed by atoms with Gasteiger partial charge in [-0.15, -0.1) is 0 Å². The quantitative estimate of drug-likeness (QED) is 0.386. The lowest BCUT2D eigenvalue weighted by atomic mass is 9.83. The van der Waals surface area contributed by atoms with Crippen LogP contribution in [0.2, 0.25) is 0 Å². The van der Waals surface area contributed by atoms with E-state index >= 15 is 0 Å². The second-order valence-electron chi connectivity index (χ2n) is 10.8. The third kappa shape index (κ3) is 5.39. The SMILES string of the molecule is COc1ccc2ncc3c(=O)c(C(=O)O)cn(CCC4CCN(CCC5CCCCC5(F)F)CC4)c3c2c1. The molecule has 1 saturated carbocycles. The third-order valence-corrected chi connectivity index (χ3v) is 8.53. The van der Waals surface area contributed by atoms with E-state index in [-0.39, 0.29) is 17.4 Å². The molecular formula is C29H35F2N3O4. The summed E-state index contributed by atoms with van der Waals surface area (Å²) in [5.41, 5.74) is 0.551. The number of piperidine rings is 1. The standard InChI is InChI=1S/C29H35F2N3O4/c1-38-21-5-6-25-22(16-21)26-23(17-32-25)27(35)24(28(36)37)18-34(26)15-9-19-7-12-33(13-8-19)14-10-20-4-2-3-11-29(20,30)31/h5-6,16-20H,2-4,7-15H2,1H3,(H,36,37). The Hall–Kier alpha value is -3.07. The summed E-state index contributed by atoms with van der Waals surface area (Å²) >= 11 is 0. The lowest BCUT2D eigenvalue weighted by Gasteiger charge is -2.36. The van der Waals surface area contributed by atoms with Crippen LogP contribution in [0.4, 0.5) is 8.78 Å². The molecule has 7 nitrogen and oxygen atoms in total. The Morgan fingerprint density at radius 1 is 1.13 bits per heavy atom. The van der Waals surface area contributed by atoms with Gasteiger partial charge in [-0.1, -0.05) is 6.42 Å². The van der Waals surface area contributed by atoms with Crippen LogP contribution >= 0.6 is 0 Å². The van der Waals surface area contributed by atoms with Crippen LogP contribution in [-0.4, -0.2) is 58.2 Å². The molecule has 0 amide bonds. The summed E-state index contributed by atoms with van der Waals surface area (Å²) in [6.45, 7) is 3.06. The average molecular weight is 528 g/mol. The smallest absolute Gasteiger partial charge is 0.341 e. The number of carboxylic acid groups (broad SMARTS) is 1. The van der Waals surface area contributed by atoms with Crippen molar-refractivity contribution in [3.05, 3.63) is 46.4 Å². The lowest BCUT2D eigenvalue weighted by Crippen LogP contribution is -2.38. The zero-order valence-electron chi connectivity index (χ0n) is 21.8. The highest BCUT2D eigenvalue weighted by Crippen LogP contribution is 2.40. The highest BCUT2D eigenvalue weighted by molar-refractivity contribution is 6.05. The summed E-state index contributed by atoms with van der Waals surface area (Å²) in [5, 5.41) is 10.7. The van der Waals surface area contributed by atoms with Crippen LogP contribution in [0.3, 0.4) is 0 Å². The number of likely N-dealkylation sites (tertiary alicyclic amines) is 1. The molecule has 1 saturated heterocycles. The van der Waals surface area contributed by atoms with Crippen molar-refractivity contribution in [1.29, 1.82) is 0 Å². The zero-order chi connectivity index (χ0) is 26.9. The van der Waals surface area contributed by atoms with Crippen LogP contribution in [0.25, 0.3) is 21.8 Å². The molecule has 2 aromatic heterocycles. The fourth-order valence-corrected chi connectivity index (χ4v) is 6.19. The number of carbonyl (C=O) groups is 1. The van der Waals surface area contributed by atoms with Crippen molar-refractivity contribution in [3.8, 4) is 5.75 Å². The number of methoxy groups -OCH3 is 1. The zero-order valence-corrected chi connectivity index (χ0v) is 21.8. The molecule has 1 aliphatic heterocycles. The van der Waals surface area contributed by atoms with Gasteiger partial charge in [0.05, 0.1) is 23.5 Å². The summed E-state index contributed by atoms with van der Waals surface area (Å²) in [6.07, 6.45) is 8.45. The number of alkyl halides is 2. The maximum absolute atomic E-state index is 14.2. The number of hydrogen-bond donors (Lipinski definition) is 1. The molecule has 9 heteroatoms.